The lowest BCUT2D eigenvalue weighted by Gasteiger charge is -2.39. The number of hydrogen-bond donors (Lipinski definition) is 1. The van der Waals surface area contributed by atoms with Crippen LogP contribution in [0.2, 0.25) is 0 Å². The van der Waals surface area contributed by atoms with Gasteiger partial charge in [-0.3, -0.25) is 10.3 Å². The van der Waals surface area contributed by atoms with Crippen LogP contribution in [-0.2, 0) is 4.74 Å². The van der Waals surface area contributed by atoms with Crippen molar-refractivity contribution in [1.29, 1.82) is 0 Å². The highest BCUT2D eigenvalue weighted by Crippen LogP contribution is 2.27. The number of thiazole rings is 1. The molecule has 1 N–H and O–H groups in total. The molecule has 128 valence electrons. The minimum absolute atomic E-state index is 0.00568. The van der Waals surface area contributed by atoms with E-state index in [0.717, 1.165) is 10.7 Å². The summed E-state index contributed by atoms with van der Waals surface area (Å²) < 4.78 is 5.79. The van der Waals surface area contributed by atoms with Crippen molar-refractivity contribution in [3.63, 3.8) is 0 Å². The molecular formula is C17H22N4O2S. The summed E-state index contributed by atoms with van der Waals surface area (Å²) in [5.74, 6) is 0.560. The van der Waals surface area contributed by atoms with E-state index >= 15 is 0 Å². The van der Waals surface area contributed by atoms with Crippen LogP contribution in [0.3, 0.4) is 0 Å². The number of nitrogens with one attached hydrogen (secondary N) is 1. The number of carbonyl (C=O) groups excluding carboxylic acids is 1. The van der Waals surface area contributed by atoms with E-state index in [1.54, 1.807) is 11.1 Å². The lowest BCUT2D eigenvalue weighted by Crippen LogP contribution is -2.51. The first-order valence-corrected chi connectivity index (χ1v) is 8.86. The summed E-state index contributed by atoms with van der Waals surface area (Å²) in [6.07, 6.45) is 1.77. The molecule has 0 bridgehead atoms. The molecular weight excluding hydrogens is 324 g/mol. The molecule has 7 heteroatoms. The number of aromatic nitrogens is 2. The van der Waals surface area contributed by atoms with E-state index in [1.807, 2.05) is 23.6 Å². The monoisotopic (exact) mass is 346 g/mol. The van der Waals surface area contributed by atoms with Crippen LogP contribution in [0.5, 0.6) is 0 Å². The summed E-state index contributed by atoms with van der Waals surface area (Å²) in [5, 5.41) is 5.51. The molecule has 3 rings (SSSR count). The topological polar surface area (TPSA) is 67.4 Å². The maximum Gasteiger partial charge on any atom is 0.323 e. The SMILES string of the molecule is CC(C)(C)C1CN(C(=O)Nc2csc(-c3ccccn3)n2)CCO1. The molecule has 0 aliphatic carbocycles. The molecule has 1 saturated heterocycles. The van der Waals surface area contributed by atoms with E-state index in [2.05, 4.69) is 36.1 Å². The molecule has 1 unspecified atom stereocenters. The van der Waals surface area contributed by atoms with Gasteiger partial charge in [-0.15, -0.1) is 11.3 Å². The van der Waals surface area contributed by atoms with Crippen LogP contribution < -0.4 is 5.32 Å². The number of morpholine rings is 1. The van der Waals surface area contributed by atoms with E-state index in [4.69, 9.17) is 4.74 Å². The number of carbonyl (C=O) groups is 1. The predicted molar refractivity (Wildman–Crippen MR) is 95.1 cm³/mol. The lowest BCUT2D eigenvalue weighted by atomic mass is 9.88. The van der Waals surface area contributed by atoms with Crippen LogP contribution in [0.1, 0.15) is 20.8 Å². The molecule has 2 aromatic heterocycles. The fourth-order valence-corrected chi connectivity index (χ4v) is 3.21. The number of pyridine rings is 1. The van der Waals surface area contributed by atoms with Gasteiger partial charge in [-0.2, -0.15) is 0 Å². The zero-order chi connectivity index (χ0) is 17.2. The number of rotatable bonds is 2. The van der Waals surface area contributed by atoms with E-state index in [1.165, 1.54) is 11.3 Å². The Morgan fingerprint density at radius 3 is 2.96 bits per heavy atom. The van der Waals surface area contributed by atoms with Gasteiger partial charge in [-0.1, -0.05) is 26.8 Å². The molecule has 1 aliphatic heterocycles. The Morgan fingerprint density at radius 2 is 2.25 bits per heavy atom. The van der Waals surface area contributed by atoms with E-state index in [9.17, 15) is 4.79 Å². The van der Waals surface area contributed by atoms with Crippen LogP contribution in [0.4, 0.5) is 10.6 Å². The van der Waals surface area contributed by atoms with Crippen molar-refractivity contribution in [2.45, 2.75) is 26.9 Å². The largest absolute Gasteiger partial charge is 0.374 e. The van der Waals surface area contributed by atoms with Crippen molar-refractivity contribution in [3.05, 3.63) is 29.8 Å². The van der Waals surface area contributed by atoms with Crippen LogP contribution in [-0.4, -0.2) is 46.7 Å². The summed E-state index contributed by atoms with van der Waals surface area (Å²) in [5.41, 5.74) is 0.813. The zero-order valence-electron chi connectivity index (χ0n) is 14.2. The molecule has 0 aromatic carbocycles. The van der Waals surface area contributed by atoms with E-state index < -0.39 is 0 Å². The molecule has 3 heterocycles. The van der Waals surface area contributed by atoms with Gasteiger partial charge in [0.1, 0.15) is 10.8 Å². The molecule has 24 heavy (non-hydrogen) atoms. The molecule has 1 aliphatic rings. The molecule has 1 fully saturated rings. The zero-order valence-corrected chi connectivity index (χ0v) is 15.0. The van der Waals surface area contributed by atoms with Gasteiger partial charge in [-0.05, 0) is 17.5 Å². The van der Waals surface area contributed by atoms with Gasteiger partial charge in [0.05, 0.1) is 18.4 Å². The molecule has 0 saturated carbocycles. The number of ether oxygens (including phenoxy) is 1. The van der Waals surface area contributed by atoms with Crippen LogP contribution in [0, 0.1) is 5.41 Å². The Kier molecular flexibility index (Phi) is 4.82. The first kappa shape index (κ1) is 16.9. The first-order chi connectivity index (χ1) is 11.4. The van der Waals surface area contributed by atoms with Crippen molar-refractivity contribution in [2.75, 3.05) is 25.0 Å². The quantitative estimate of drug-likeness (QED) is 0.904. The number of hydrogen-bond acceptors (Lipinski definition) is 5. The third-order valence-corrected chi connectivity index (χ3v) is 4.81. The van der Waals surface area contributed by atoms with Gasteiger partial charge < -0.3 is 9.64 Å². The third kappa shape index (κ3) is 3.91. The van der Waals surface area contributed by atoms with Crippen molar-refractivity contribution in [2.24, 2.45) is 5.41 Å². The number of urea groups is 1. The molecule has 0 spiro atoms. The lowest BCUT2D eigenvalue weighted by molar-refractivity contribution is -0.0664. The summed E-state index contributed by atoms with van der Waals surface area (Å²) in [6, 6.07) is 5.55. The highest BCUT2D eigenvalue weighted by molar-refractivity contribution is 7.13. The second kappa shape index (κ2) is 6.86. The molecule has 2 aromatic rings. The maximum atomic E-state index is 12.5. The summed E-state index contributed by atoms with van der Waals surface area (Å²) in [7, 11) is 0. The van der Waals surface area contributed by atoms with Gasteiger partial charge in [-0.25, -0.2) is 9.78 Å². The highest BCUT2D eigenvalue weighted by atomic mass is 32.1. The van der Waals surface area contributed by atoms with Crippen molar-refractivity contribution in [3.8, 4) is 10.7 Å². The fraction of sp³-hybridized carbons (Fsp3) is 0.471. The third-order valence-electron chi connectivity index (χ3n) is 3.94. The summed E-state index contributed by atoms with van der Waals surface area (Å²) in [4.78, 5) is 23.0. The molecule has 0 radical (unpaired) electrons. The average molecular weight is 346 g/mol. The number of amides is 2. The van der Waals surface area contributed by atoms with Crippen molar-refractivity contribution in [1.82, 2.24) is 14.9 Å². The van der Waals surface area contributed by atoms with Crippen LogP contribution in [0.15, 0.2) is 29.8 Å². The number of nitrogens with zero attached hydrogens (tertiary/aromatic N) is 3. The van der Waals surface area contributed by atoms with E-state index in [0.29, 0.717) is 25.5 Å². The standard InChI is InChI=1S/C17H22N4O2S/c1-17(2,3)13-10-21(8-9-23-13)16(22)20-14-11-24-15(19-14)12-6-4-5-7-18-12/h4-7,11,13H,8-10H2,1-3H3,(H,20,22). The van der Waals surface area contributed by atoms with Crippen LogP contribution in [0.25, 0.3) is 10.7 Å². The average Bonchev–Trinajstić information content (AvgIpc) is 3.03. The second-order valence-corrected chi connectivity index (χ2v) is 7.71. The Balaban J connectivity index is 1.64. The summed E-state index contributed by atoms with van der Waals surface area (Å²) >= 11 is 1.46. The normalized spacial score (nSPS) is 18.5. The molecule has 1 atom stereocenters. The minimum Gasteiger partial charge on any atom is -0.374 e. The summed E-state index contributed by atoms with van der Waals surface area (Å²) in [6.45, 7) is 8.11. The van der Waals surface area contributed by atoms with Gasteiger partial charge in [0.25, 0.3) is 0 Å². The Bertz CT molecular complexity index is 696. The molecule has 2 amide bonds. The van der Waals surface area contributed by atoms with Gasteiger partial charge in [0.15, 0.2) is 0 Å². The van der Waals surface area contributed by atoms with Crippen molar-refractivity contribution < 1.29 is 9.53 Å². The smallest absolute Gasteiger partial charge is 0.323 e. The highest BCUT2D eigenvalue weighted by Gasteiger charge is 2.32. The van der Waals surface area contributed by atoms with Gasteiger partial charge in [0.2, 0.25) is 0 Å². The van der Waals surface area contributed by atoms with Crippen molar-refractivity contribution >= 4 is 23.2 Å². The predicted octanol–water partition coefficient (Wildman–Crippen LogP) is 3.48. The molecule has 6 nitrogen and oxygen atoms in total. The van der Waals surface area contributed by atoms with E-state index in [-0.39, 0.29) is 17.6 Å². The number of anilines is 1. The first-order valence-electron chi connectivity index (χ1n) is 7.98. The fourth-order valence-electron chi connectivity index (χ4n) is 2.48. The Labute approximate surface area is 145 Å². The van der Waals surface area contributed by atoms with Gasteiger partial charge >= 0.3 is 6.03 Å². The van der Waals surface area contributed by atoms with Crippen LogP contribution >= 0.6 is 11.3 Å². The maximum absolute atomic E-state index is 12.5. The second-order valence-electron chi connectivity index (χ2n) is 6.85. The Morgan fingerprint density at radius 1 is 1.42 bits per heavy atom. The van der Waals surface area contributed by atoms with Gasteiger partial charge in [0, 0.05) is 24.7 Å². The Hall–Kier alpha value is -1.99. The minimum atomic E-state index is -0.134.